The van der Waals surface area contributed by atoms with Crippen molar-refractivity contribution < 1.29 is 14.2 Å². The van der Waals surface area contributed by atoms with E-state index >= 15 is 0 Å². The smallest absolute Gasteiger partial charge is 0.183 e. The van der Waals surface area contributed by atoms with Gasteiger partial charge in [0.25, 0.3) is 0 Å². The number of hydrogen-bond acceptors (Lipinski definition) is 5. The summed E-state index contributed by atoms with van der Waals surface area (Å²) >= 11 is 5.98. The Hall–Kier alpha value is -1.04. The van der Waals surface area contributed by atoms with E-state index in [2.05, 4.69) is 9.88 Å². The van der Waals surface area contributed by atoms with Crippen molar-refractivity contribution in [2.75, 3.05) is 39.9 Å². The maximum Gasteiger partial charge on any atom is 0.183 e. The highest BCUT2D eigenvalue weighted by Crippen LogP contribution is 2.30. The molecule has 0 N–H and O–H groups in total. The third-order valence-electron chi connectivity index (χ3n) is 3.25. The zero-order chi connectivity index (χ0) is 13.7. The Kier molecular flexibility index (Phi) is 5.24. The lowest BCUT2D eigenvalue weighted by molar-refractivity contribution is -0.00391. The van der Waals surface area contributed by atoms with Crippen LogP contribution < -0.4 is 9.47 Å². The zero-order valence-corrected chi connectivity index (χ0v) is 12.0. The fraction of sp³-hybridized carbons (Fsp3) is 0.615. The molecule has 2 heterocycles. The number of halogens is 1. The van der Waals surface area contributed by atoms with E-state index in [1.54, 1.807) is 26.5 Å². The molecule has 1 aliphatic heterocycles. The lowest BCUT2D eigenvalue weighted by Gasteiger charge is -2.34. The Labute approximate surface area is 118 Å². The molecule has 0 aliphatic carbocycles. The molecule has 106 valence electrons. The molecule has 0 radical (unpaired) electrons. The fourth-order valence-corrected chi connectivity index (χ4v) is 2.48. The van der Waals surface area contributed by atoms with Crippen LogP contribution in [0.3, 0.4) is 0 Å². The minimum absolute atomic E-state index is 0.216. The number of ether oxygens (including phenoxy) is 3. The van der Waals surface area contributed by atoms with Crippen LogP contribution in [0.25, 0.3) is 0 Å². The molecule has 0 spiro atoms. The number of methoxy groups -OCH3 is 2. The van der Waals surface area contributed by atoms with Crippen LogP contribution in [-0.2, 0) is 11.3 Å². The van der Waals surface area contributed by atoms with Crippen LogP contribution in [-0.4, -0.2) is 55.8 Å². The van der Waals surface area contributed by atoms with Gasteiger partial charge >= 0.3 is 0 Å². The van der Waals surface area contributed by atoms with Crippen LogP contribution in [0.4, 0.5) is 0 Å². The van der Waals surface area contributed by atoms with E-state index in [1.807, 2.05) is 0 Å². The van der Waals surface area contributed by atoms with Crippen molar-refractivity contribution >= 4 is 11.6 Å². The molecule has 0 aromatic carbocycles. The molecule has 1 aromatic heterocycles. The normalized spacial score (nSPS) is 20.3. The van der Waals surface area contributed by atoms with Gasteiger partial charge in [0.05, 0.1) is 27.4 Å². The molecule has 1 saturated heterocycles. The van der Waals surface area contributed by atoms with Crippen LogP contribution in [0.15, 0.2) is 12.3 Å². The molecule has 1 fully saturated rings. The molecule has 0 amide bonds. The monoisotopic (exact) mass is 286 g/mol. The van der Waals surface area contributed by atoms with E-state index in [9.17, 15) is 0 Å². The Morgan fingerprint density at radius 3 is 3.00 bits per heavy atom. The Morgan fingerprint density at radius 2 is 2.32 bits per heavy atom. The summed E-state index contributed by atoms with van der Waals surface area (Å²) in [5.41, 5.74) is 0.860. The minimum atomic E-state index is 0.216. The van der Waals surface area contributed by atoms with Gasteiger partial charge in [0.2, 0.25) is 0 Å². The third-order valence-corrected chi connectivity index (χ3v) is 3.60. The summed E-state index contributed by atoms with van der Waals surface area (Å²) in [4.78, 5) is 6.66. The van der Waals surface area contributed by atoms with Gasteiger partial charge in [0.15, 0.2) is 11.5 Å². The summed E-state index contributed by atoms with van der Waals surface area (Å²) in [5, 5.41) is 0. The lowest BCUT2D eigenvalue weighted by Crippen LogP contribution is -2.46. The number of rotatable bonds is 5. The van der Waals surface area contributed by atoms with Crippen molar-refractivity contribution in [1.29, 1.82) is 0 Å². The van der Waals surface area contributed by atoms with Crippen LogP contribution in [0, 0.1) is 0 Å². The van der Waals surface area contributed by atoms with Crippen molar-refractivity contribution in [3.05, 3.63) is 18.0 Å². The molecular weight excluding hydrogens is 268 g/mol. The number of nitrogens with zero attached hydrogens (tertiary/aromatic N) is 2. The third kappa shape index (κ3) is 3.29. The zero-order valence-electron chi connectivity index (χ0n) is 11.3. The van der Waals surface area contributed by atoms with Crippen LogP contribution >= 0.6 is 11.6 Å². The summed E-state index contributed by atoms with van der Waals surface area (Å²) in [6, 6.07) is 2.01. The molecule has 0 saturated carbocycles. The average Bonchev–Trinajstić information content (AvgIpc) is 2.47. The van der Waals surface area contributed by atoms with Crippen LogP contribution in [0.2, 0.25) is 0 Å². The van der Waals surface area contributed by atoms with Crippen molar-refractivity contribution in [3.63, 3.8) is 0 Å². The summed E-state index contributed by atoms with van der Waals surface area (Å²) in [6.45, 7) is 2.91. The van der Waals surface area contributed by atoms with Gasteiger partial charge in [-0.25, -0.2) is 0 Å². The molecule has 1 aliphatic rings. The molecule has 0 bridgehead atoms. The maximum absolute atomic E-state index is 5.98. The largest absolute Gasteiger partial charge is 0.493 e. The second-order valence-electron chi connectivity index (χ2n) is 4.35. The van der Waals surface area contributed by atoms with Gasteiger partial charge in [-0.15, -0.1) is 11.6 Å². The van der Waals surface area contributed by atoms with Crippen LogP contribution in [0.1, 0.15) is 5.69 Å². The molecule has 1 aromatic rings. The van der Waals surface area contributed by atoms with E-state index in [4.69, 9.17) is 25.8 Å². The van der Waals surface area contributed by atoms with Gasteiger partial charge in [0.1, 0.15) is 5.69 Å². The van der Waals surface area contributed by atoms with Gasteiger partial charge in [-0.1, -0.05) is 0 Å². The highest BCUT2D eigenvalue weighted by molar-refractivity contribution is 6.18. The summed E-state index contributed by atoms with van der Waals surface area (Å²) in [5.74, 6) is 1.93. The molecule has 5 nitrogen and oxygen atoms in total. The summed E-state index contributed by atoms with van der Waals surface area (Å²) < 4.78 is 16.1. The molecule has 1 unspecified atom stereocenters. The first kappa shape index (κ1) is 14.4. The van der Waals surface area contributed by atoms with Crippen molar-refractivity contribution in [2.24, 2.45) is 0 Å². The highest BCUT2D eigenvalue weighted by Gasteiger charge is 2.24. The first-order valence-electron chi connectivity index (χ1n) is 6.23. The van der Waals surface area contributed by atoms with Gasteiger partial charge < -0.3 is 14.2 Å². The van der Waals surface area contributed by atoms with Gasteiger partial charge in [-0.05, 0) is 0 Å². The van der Waals surface area contributed by atoms with E-state index in [-0.39, 0.29) is 6.04 Å². The van der Waals surface area contributed by atoms with Gasteiger partial charge in [-0.2, -0.15) is 0 Å². The fourth-order valence-electron chi connectivity index (χ4n) is 2.20. The lowest BCUT2D eigenvalue weighted by atomic mass is 10.2. The van der Waals surface area contributed by atoms with E-state index < -0.39 is 0 Å². The number of alkyl halides is 1. The van der Waals surface area contributed by atoms with Crippen molar-refractivity contribution in [1.82, 2.24) is 9.88 Å². The topological polar surface area (TPSA) is 43.8 Å². The molecular formula is C13H19ClN2O3. The Balaban J connectivity index is 2.17. The first-order chi connectivity index (χ1) is 9.30. The second kappa shape index (κ2) is 6.93. The molecule has 2 rings (SSSR count). The van der Waals surface area contributed by atoms with E-state index in [1.165, 1.54) is 0 Å². The number of morpholine rings is 1. The Morgan fingerprint density at radius 1 is 1.47 bits per heavy atom. The van der Waals surface area contributed by atoms with Gasteiger partial charge in [-0.3, -0.25) is 9.88 Å². The maximum atomic E-state index is 5.98. The van der Waals surface area contributed by atoms with Gasteiger partial charge in [0, 0.05) is 37.3 Å². The first-order valence-corrected chi connectivity index (χ1v) is 6.77. The highest BCUT2D eigenvalue weighted by atomic mass is 35.5. The number of hydrogen-bond donors (Lipinski definition) is 0. The SMILES string of the molecule is COc1ccnc(CN2CCOCC2CCl)c1OC. The summed E-state index contributed by atoms with van der Waals surface area (Å²) in [7, 11) is 3.25. The quantitative estimate of drug-likeness (QED) is 0.768. The second-order valence-corrected chi connectivity index (χ2v) is 4.66. The standard InChI is InChI=1S/C13H19ClN2O3/c1-17-12-3-4-15-11(13(12)18-2)8-16-5-6-19-9-10(16)7-14/h3-4,10H,5-9H2,1-2H3. The predicted octanol–water partition coefficient (Wildman–Crippen LogP) is 1.54. The average molecular weight is 287 g/mol. The summed E-state index contributed by atoms with van der Waals surface area (Å²) in [6.07, 6.45) is 1.73. The molecule has 19 heavy (non-hydrogen) atoms. The number of aromatic nitrogens is 1. The Bertz CT molecular complexity index is 417. The van der Waals surface area contributed by atoms with Crippen molar-refractivity contribution in [2.45, 2.75) is 12.6 Å². The minimum Gasteiger partial charge on any atom is -0.493 e. The van der Waals surface area contributed by atoms with Crippen molar-refractivity contribution in [3.8, 4) is 11.5 Å². The predicted molar refractivity (Wildman–Crippen MR) is 73.1 cm³/mol. The number of pyridine rings is 1. The van der Waals surface area contributed by atoms with Crippen LogP contribution in [0.5, 0.6) is 11.5 Å². The van der Waals surface area contributed by atoms with E-state index in [0.717, 1.165) is 18.8 Å². The van der Waals surface area contributed by atoms with E-state index in [0.29, 0.717) is 30.5 Å². The molecule has 1 atom stereocenters. The molecule has 6 heteroatoms.